The molecule has 1 heterocycles. The first-order chi connectivity index (χ1) is 16.2. The molecule has 10 heteroatoms. The number of aryl methyl sites for hydroxylation is 3. The molecule has 2 aromatic rings. The Morgan fingerprint density at radius 1 is 0.750 bits per heavy atom. The molecule has 0 bridgehead atoms. The number of benzene rings is 3. The van der Waals surface area contributed by atoms with Crippen molar-refractivity contribution in [2.75, 3.05) is 33.1 Å². The molecule has 0 fully saturated rings. The zero-order chi connectivity index (χ0) is 27.3. The van der Waals surface area contributed by atoms with Crippen LogP contribution in [0, 0.1) is 20.8 Å². The summed E-state index contributed by atoms with van der Waals surface area (Å²) in [5, 5.41) is 2.67. The Morgan fingerprint density at radius 3 is 1.81 bits per heavy atom. The number of rotatable bonds is 2. The van der Waals surface area contributed by atoms with E-state index in [1.54, 1.807) is 0 Å². The predicted octanol–water partition coefficient (Wildman–Crippen LogP) is 8.07. The average Bonchev–Trinajstić information content (AvgIpc) is 2.69. The van der Waals surface area contributed by atoms with Crippen LogP contribution >= 0.6 is 7.81 Å². The van der Waals surface area contributed by atoms with Crippen LogP contribution in [-0.2, 0) is 0 Å². The molecule has 2 aliphatic rings. The van der Waals surface area contributed by atoms with E-state index in [4.69, 9.17) is 0 Å². The minimum absolute atomic E-state index is 0.290. The molecule has 2 nitrogen and oxygen atoms in total. The van der Waals surface area contributed by atoms with E-state index in [1.165, 1.54) is 58.5 Å². The normalized spacial score (nSPS) is 13.6. The maximum atomic E-state index is 9.87. The van der Waals surface area contributed by atoms with E-state index < -0.39 is 7.81 Å². The molecule has 0 radical (unpaired) electrons. The van der Waals surface area contributed by atoms with E-state index in [2.05, 4.69) is 107 Å². The van der Waals surface area contributed by atoms with Gasteiger partial charge in [-0.25, -0.2) is 0 Å². The Hall–Kier alpha value is -2.34. The van der Waals surface area contributed by atoms with E-state index in [0.29, 0.717) is 14.5 Å². The molecule has 2 aromatic carbocycles. The molecule has 196 valence electrons. The van der Waals surface area contributed by atoms with Gasteiger partial charge in [-0.15, -0.1) is 0 Å². The Morgan fingerprint density at radius 2 is 1.31 bits per heavy atom. The fraction of sp³-hybridized carbons (Fsp3) is 0.269. The first kappa shape index (κ1) is 28.2. The summed E-state index contributed by atoms with van der Waals surface area (Å²) in [5.41, 5.74) is 9.51. The molecular weight excluding hydrogens is 564 g/mol. The van der Waals surface area contributed by atoms with Crippen molar-refractivity contribution in [2.24, 2.45) is 0 Å². The minimum atomic E-state index is -10.7. The van der Waals surface area contributed by atoms with Gasteiger partial charge in [-0.05, 0) is 0 Å². The van der Waals surface area contributed by atoms with Crippen LogP contribution < -0.4 is 14.8 Å². The fourth-order valence-corrected chi connectivity index (χ4v) is 6.69. The molecule has 0 saturated heterocycles. The summed E-state index contributed by atoms with van der Waals surface area (Å²) in [6, 6.07) is 18.6. The second-order valence-electron chi connectivity index (χ2n) is 9.36. The molecule has 0 saturated carbocycles. The van der Waals surface area contributed by atoms with Crippen LogP contribution in [0.2, 0.25) is 0 Å². The van der Waals surface area contributed by atoms with E-state index >= 15 is 0 Å². The van der Waals surface area contributed by atoms with Gasteiger partial charge in [0.05, 0.1) is 0 Å². The van der Waals surface area contributed by atoms with Gasteiger partial charge < -0.3 is 0 Å². The van der Waals surface area contributed by atoms with Crippen molar-refractivity contribution in [3.63, 3.8) is 0 Å². The zero-order valence-corrected chi connectivity index (χ0v) is 23.7. The molecule has 0 atom stereocenters. The fourth-order valence-electron chi connectivity index (χ4n) is 4.27. The Balaban J connectivity index is 0.000000454. The van der Waals surface area contributed by atoms with Crippen LogP contribution in [-0.4, -0.2) is 42.7 Å². The Bertz CT molecular complexity index is 1470. The standard InChI is InChI=1S/C26H29N2Se.F6P/c1-16-12-17(2)25(18(3)13-16)26-21-10-8-19(27(4)5)14-23(21)29-24-15-20(28(6)7)9-11-22(24)26;1-7(2,3,4,5)6/h8-15H,1-7H3;/q+1;-1. The van der Waals surface area contributed by atoms with Gasteiger partial charge in [0.25, 0.3) is 0 Å². The van der Waals surface area contributed by atoms with Gasteiger partial charge in [-0.1, -0.05) is 0 Å². The van der Waals surface area contributed by atoms with Crippen molar-refractivity contribution in [2.45, 2.75) is 20.8 Å². The summed E-state index contributed by atoms with van der Waals surface area (Å²) >= 11 is 0.290. The van der Waals surface area contributed by atoms with Crippen LogP contribution in [0.5, 0.6) is 0 Å². The SMILES string of the molecule is Cc1cc(C)c(-c2c3ccc(=[N+](C)C)cc-3[se]c3cc(N(C)C)ccc23)c(C)c1.F[P-](F)(F)(F)(F)F. The summed E-state index contributed by atoms with van der Waals surface area (Å²) in [7, 11) is -2.18. The summed E-state index contributed by atoms with van der Waals surface area (Å²) in [6.07, 6.45) is 0. The topological polar surface area (TPSA) is 6.25 Å². The van der Waals surface area contributed by atoms with Crippen molar-refractivity contribution in [1.29, 1.82) is 0 Å². The third-order valence-corrected chi connectivity index (χ3v) is 7.99. The van der Waals surface area contributed by atoms with Crippen LogP contribution in [0.15, 0.2) is 48.5 Å². The maximum absolute atomic E-state index is 10.7. The van der Waals surface area contributed by atoms with Gasteiger partial charge in [0.15, 0.2) is 0 Å². The van der Waals surface area contributed by atoms with Gasteiger partial charge in [0.2, 0.25) is 0 Å². The summed E-state index contributed by atoms with van der Waals surface area (Å²) < 4.78 is 64.3. The number of anilines is 1. The number of nitrogens with zero attached hydrogens (tertiary/aromatic N) is 2. The van der Waals surface area contributed by atoms with Crippen molar-refractivity contribution < 1.29 is 25.2 Å². The first-order valence-electron chi connectivity index (χ1n) is 11.0. The van der Waals surface area contributed by atoms with Crippen molar-refractivity contribution in [1.82, 2.24) is 4.58 Å². The Labute approximate surface area is 212 Å². The van der Waals surface area contributed by atoms with E-state index in [1.807, 2.05) is 0 Å². The third kappa shape index (κ3) is 7.34. The summed E-state index contributed by atoms with van der Waals surface area (Å²) in [5.74, 6) is 0. The molecule has 1 aliphatic carbocycles. The second-order valence-corrected chi connectivity index (χ2v) is 13.5. The van der Waals surface area contributed by atoms with Gasteiger partial charge in [-0.3, -0.25) is 0 Å². The van der Waals surface area contributed by atoms with E-state index in [0.717, 1.165) is 0 Å². The predicted molar refractivity (Wildman–Crippen MR) is 142 cm³/mol. The number of hydrogen-bond acceptors (Lipinski definition) is 1. The van der Waals surface area contributed by atoms with Crippen molar-refractivity contribution in [3.05, 3.63) is 70.6 Å². The van der Waals surface area contributed by atoms with Crippen LogP contribution in [0.4, 0.5) is 30.9 Å². The number of fused-ring (bicyclic) bond motifs is 2. The van der Waals surface area contributed by atoms with Gasteiger partial charge in [0.1, 0.15) is 0 Å². The quantitative estimate of drug-likeness (QED) is 0.0749. The Kier molecular flexibility index (Phi) is 6.98. The van der Waals surface area contributed by atoms with Gasteiger partial charge in [-0.2, -0.15) is 0 Å². The van der Waals surface area contributed by atoms with Crippen LogP contribution in [0.1, 0.15) is 16.7 Å². The third-order valence-electron chi connectivity index (χ3n) is 5.65. The van der Waals surface area contributed by atoms with Crippen LogP contribution in [0.25, 0.3) is 30.8 Å². The summed E-state index contributed by atoms with van der Waals surface area (Å²) in [6.45, 7) is 6.70. The molecule has 4 rings (SSSR count). The number of hydrogen-bond donors (Lipinski definition) is 0. The molecule has 36 heavy (non-hydrogen) atoms. The summed E-state index contributed by atoms with van der Waals surface area (Å²) in [4.78, 5) is 2.20. The van der Waals surface area contributed by atoms with Crippen molar-refractivity contribution in [3.8, 4) is 21.1 Å². The molecule has 1 aliphatic heterocycles. The van der Waals surface area contributed by atoms with E-state index in [-0.39, 0.29) is 0 Å². The molecule has 0 aromatic heterocycles. The first-order valence-corrected chi connectivity index (χ1v) is 14.8. The molecular formula is C26H29F6N2PSe. The molecule has 0 spiro atoms. The monoisotopic (exact) mass is 594 g/mol. The molecule has 0 amide bonds. The number of halogens is 6. The van der Waals surface area contributed by atoms with Crippen LogP contribution in [0.3, 0.4) is 0 Å². The second kappa shape index (κ2) is 8.90. The van der Waals surface area contributed by atoms with Crippen molar-refractivity contribution >= 4 is 37.6 Å². The average molecular weight is 593 g/mol. The molecule has 0 unspecified atom stereocenters. The molecule has 0 N–H and O–H groups in total. The van der Waals surface area contributed by atoms with E-state index in [9.17, 15) is 25.2 Å². The zero-order valence-electron chi connectivity index (χ0n) is 21.1. The van der Waals surface area contributed by atoms with Gasteiger partial charge >= 0.3 is 213 Å². The van der Waals surface area contributed by atoms with Gasteiger partial charge in [0, 0.05) is 0 Å².